The van der Waals surface area contributed by atoms with Gasteiger partial charge in [0, 0.05) is 0 Å². The molecule has 0 aliphatic carbocycles. The quantitative estimate of drug-likeness (QED) is 0.780. The lowest BCUT2D eigenvalue weighted by Gasteiger charge is -2.19. The fourth-order valence-corrected chi connectivity index (χ4v) is 1.24. The van der Waals surface area contributed by atoms with Gasteiger partial charge < -0.3 is 14.6 Å². The highest BCUT2D eigenvalue weighted by atomic mass is 16.5. The molecule has 0 spiro atoms. The first-order valence-electron chi connectivity index (χ1n) is 5.48. The second-order valence-corrected chi connectivity index (χ2v) is 4.61. The third kappa shape index (κ3) is 5.14. The topological polar surface area (TPSA) is 38.7 Å². The van der Waals surface area contributed by atoms with Gasteiger partial charge in [-0.05, 0) is 38.5 Å². The lowest BCUT2D eigenvalue weighted by molar-refractivity contribution is -0.0163. The second-order valence-electron chi connectivity index (χ2n) is 4.61. The summed E-state index contributed by atoms with van der Waals surface area (Å²) in [5.41, 5.74) is 0.727. The van der Waals surface area contributed by atoms with E-state index in [-0.39, 0.29) is 12.2 Å². The Morgan fingerprint density at radius 2 is 1.94 bits per heavy atom. The van der Waals surface area contributed by atoms with Crippen molar-refractivity contribution in [2.24, 2.45) is 0 Å². The Morgan fingerprint density at radius 1 is 1.19 bits per heavy atom. The van der Waals surface area contributed by atoms with Crippen molar-refractivity contribution in [3.05, 3.63) is 29.8 Å². The van der Waals surface area contributed by atoms with Crippen molar-refractivity contribution in [2.75, 3.05) is 13.2 Å². The van der Waals surface area contributed by atoms with Crippen LogP contribution in [0.1, 0.15) is 26.3 Å². The van der Waals surface area contributed by atoms with Crippen LogP contribution < -0.4 is 4.74 Å². The zero-order chi connectivity index (χ0) is 12.0. The Hall–Kier alpha value is -1.06. The monoisotopic (exact) mass is 224 g/mol. The molecule has 16 heavy (non-hydrogen) atoms. The molecule has 1 aromatic rings. The van der Waals surface area contributed by atoms with Gasteiger partial charge in [-0.15, -0.1) is 0 Å². The minimum Gasteiger partial charge on any atom is -0.491 e. The van der Waals surface area contributed by atoms with Crippen LogP contribution in [0.3, 0.4) is 0 Å². The maximum atomic E-state index is 8.96. The molecule has 0 amide bonds. The smallest absolute Gasteiger partial charge is 0.119 e. The van der Waals surface area contributed by atoms with Gasteiger partial charge in [-0.25, -0.2) is 0 Å². The molecular formula is C13H20O3. The van der Waals surface area contributed by atoms with Gasteiger partial charge in [-0.3, -0.25) is 0 Å². The summed E-state index contributed by atoms with van der Waals surface area (Å²) in [7, 11) is 0. The number of rotatable bonds is 5. The van der Waals surface area contributed by atoms with E-state index < -0.39 is 0 Å². The molecule has 0 heterocycles. The van der Waals surface area contributed by atoms with Crippen molar-refractivity contribution in [3.63, 3.8) is 0 Å². The Balaban J connectivity index is 2.32. The SMILES string of the molecule is CC(C)(C)OCCOc1cccc(CO)c1. The van der Waals surface area contributed by atoms with Gasteiger partial charge in [0.15, 0.2) is 0 Å². The fourth-order valence-electron chi connectivity index (χ4n) is 1.24. The molecule has 0 radical (unpaired) electrons. The molecule has 90 valence electrons. The van der Waals surface area contributed by atoms with Crippen LogP contribution in [-0.2, 0) is 11.3 Å². The summed E-state index contributed by atoms with van der Waals surface area (Å²) in [6.45, 7) is 7.16. The molecule has 0 saturated carbocycles. The van der Waals surface area contributed by atoms with Crippen LogP contribution in [0.15, 0.2) is 24.3 Å². The van der Waals surface area contributed by atoms with Gasteiger partial charge in [0.05, 0.1) is 18.8 Å². The van der Waals surface area contributed by atoms with Gasteiger partial charge in [-0.1, -0.05) is 12.1 Å². The molecule has 0 atom stereocenters. The number of aliphatic hydroxyl groups is 1. The Kier molecular flexibility index (Phi) is 4.77. The molecular weight excluding hydrogens is 204 g/mol. The molecule has 0 saturated heterocycles. The summed E-state index contributed by atoms with van der Waals surface area (Å²) < 4.78 is 11.0. The van der Waals surface area contributed by atoms with E-state index in [9.17, 15) is 0 Å². The maximum Gasteiger partial charge on any atom is 0.119 e. The minimum atomic E-state index is -0.129. The molecule has 0 aliphatic rings. The highest BCUT2D eigenvalue weighted by Gasteiger charge is 2.09. The van der Waals surface area contributed by atoms with Gasteiger partial charge >= 0.3 is 0 Å². The summed E-state index contributed by atoms with van der Waals surface area (Å²) >= 11 is 0. The number of hydrogen-bond donors (Lipinski definition) is 1. The van der Waals surface area contributed by atoms with Crippen LogP contribution in [0.5, 0.6) is 5.75 Å². The van der Waals surface area contributed by atoms with Crippen LogP contribution in [0.25, 0.3) is 0 Å². The van der Waals surface area contributed by atoms with Gasteiger partial charge in [0.1, 0.15) is 12.4 Å². The zero-order valence-electron chi connectivity index (χ0n) is 10.2. The van der Waals surface area contributed by atoms with E-state index in [1.165, 1.54) is 0 Å². The lowest BCUT2D eigenvalue weighted by atomic mass is 10.2. The van der Waals surface area contributed by atoms with E-state index in [1.54, 1.807) is 0 Å². The van der Waals surface area contributed by atoms with Crippen LogP contribution in [0, 0.1) is 0 Å². The molecule has 1 aromatic carbocycles. The van der Waals surface area contributed by atoms with Gasteiger partial charge in [0.25, 0.3) is 0 Å². The van der Waals surface area contributed by atoms with Gasteiger partial charge in [-0.2, -0.15) is 0 Å². The normalized spacial score (nSPS) is 11.5. The summed E-state index contributed by atoms with van der Waals surface area (Å²) in [4.78, 5) is 0. The first-order chi connectivity index (χ1) is 7.51. The predicted molar refractivity (Wildman–Crippen MR) is 63.6 cm³/mol. The molecule has 1 rings (SSSR count). The van der Waals surface area contributed by atoms with Crippen LogP contribution >= 0.6 is 0 Å². The number of ether oxygens (including phenoxy) is 2. The Bertz CT molecular complexity index is 315. The van der Waals surface area contributed by atoms with Crippen molar-refractivity contribution in [1.82, 2.24) is 0 Å². The zero-order valence-corrected chi connectivity index (χ0v) is 10.2. The van der Waals surface area contributed by atoms with Crippen molar-refractivity contribution in [2.45, 2.75) is 33.0 Å². The number of benzene rings is 1. The standard InChI is InChI=1S/C13H20O3/c1-13(2,3)16-8-7-15-12-6-4-5-11(9-12)10-14/h4-6,9,14H,7-8,10H2,1-3H3. The molecule has 0 aromatic heterocycles. The molecule has 0 bridgehead atoms. The average Bonchev–Trinajstić information content (AvgIpc) is 2.23. The van der Waals surface area contributed by atoms with E-state index in [4.69, 9.17) is 14.6 Å². The highest BCUT2D eigenvalue weighted by molar-refractivity contribution is 5.27. The van der Waals surface area contributed by atoms with Crippen molar-refractivity contribution >= 4 is 0 Å². The maximum absolute atomic E-state index is 8.96. The number of hydrogen-bond acceptors (Lipinski definition) is 3. The number of aliphatic hydroxyl groups excluding tert-OH is 1. The van der Waals surface area contributed by atoms with Crippen LogP contribution in [0.4, 0.5) is 0 Å². The minimum absolute atomic E-state index is 0.0374. The first kappa shape index (κ1) is 13.0. The van der Waals surface area contributed by atoms with E-state index >= 15 is 0 Å². The Morgan fingerprint density at radius 3 is 2.56 bits per heavy atom. The average molecular weight is 224 g/mol. The van der Waals surface area contributed by atoms with E-state index in [1.807, 2.05) is 45.0 Å². The summed E-state index contributed by atoms with van der Waals surface area (Å²) in [5.74, 6) is 0.768. The van der Waals surface area contributed by atoms with E-state index in [0.717, 1.165) is 11.3 Å². The summed E-state index contributed by atoms with van der Waals surface area (Å²) in [6, 6.07) is 7.43. The van der Waals surface area contributed by atoms with Crippen LogP contribution in [-0.4, -0.2) is 23.9 Å². The van der Waals surface area contributed by atoms with E-state index in [0.29, 0.717) is 13.2 Å². The summed E-state index contributed by atoms with van der Waals surface area (Å²) in [6.07, 6.45) is 0. The fraction of sp³-hybridized carbons (Fsp3) is 0.538. The molecule has 1 N–H and O–H groups in total. The molecule has 0 unspecified atom stereocenters. The Labute approximate surface area is 97.0 Å². The van der Waals surface area contributed by atoms with E-state index in [2.05, 4.69) is 0 Å². The van der Waals surface area contributed by atoms with Crippen molar-refractivity contribution in [3.8, 4) is 5.75 Å². The van der Waals surface area contributed by atoms with Gasteiger partial charge in [0.2, 0.25) is 0 Å². The predicted octanol–water partition coefficient (Wildman–Crippen LogP) is 2.37. The third-order valence-corrected chi connectivity index (χ3v) is 1.97. The lowest BCUT2D eigenvalue weighted by Crippen LogP contribution is -2.22. The third-order valence-electron chi connectivity index (χ3n) is 1.97. The van der Waals surface area contributed by atoms with Crippen molar-refractivity contribution in [1.29, 1.82) is 0 Å². The highest BCUT2D eigenvalue weighted by Crippen LogP contribution is 2.13. The molecule has 0 aliphatic heterocycles. The van der Waals surface area contributed by atoms with Crippen molar-refractivity contribution < 1.29 is 14.6 Å². The second kappa shape index (κ2) is 5.87. The summed E-state index contributed by atoms with van der Waals surface area (Å²) in [5, 5.41) is 8.96. The molecule has 3 heteroatoms. The molecule has 3 nitrogen and oxygen atoms in total. The molecule has 0 fully saturated rings. The van der Waals surface area contributed by atoms with Crippen LogP contribution in [0.2, 0.25) is 0 Å². The first-order valence-corrected chi connectivity index (χ1v) is 5.48. The largest absolute Gasteiger partial charge is 0.491 e.